The topological polar surface area (TPSA) is 58.4 Å². The maximum atomic E-state index is 11.9. The highest BCUT2D eigenvalue weighted by Gasteiger charge is 2.25. The zero-order valence-corrected chi connectivity index (χ0v) is 13.4. The van der Waals surface area contributed by atoms with Crippen molar-refractivity contribution >= 4 is 5.91 Å². The van der Waals surface area contributed by atoms with Gasteiger partial charge < -0.3 is 11.1 Å². The van der Waals surface area contributed by atoms with Gasteiger partial charge in [-0.1, -0.05) is 31.2 Å². The van der Waals surface area contributed by atoms with E-state index < -0.39 is 5.54 Å². The largest absolute Gasteiger partial charge is 0.353 e. The van der Waals surface area contributed by atoms with E-state index >= 15 is 0 Å². The molecule has 0 saturated carbocycles. The van der Waals surface area contributed by atoms with Crippen LogP contribution in [0.5, 0.6) is 0 Å². The van der Waals surface area contributed by atoms with E-state index in [4.69, 9.17) is 5.73 Å². The van der Waals surface area contributed by atoms with E-state index in [1.54, 1.807) is 13.8 Å². The highest BCUT2D eigenvalue weighted by molar-refractivity contribution is 5.85. The lowest BCUT2D eigenvalue weighted by atomic mass is 9.98. The minimum Gasteiger partial charge on any atom is -0.353 e. The Bertz CT molecular complexity index is 493. The number of nitrogens with one attached hydrogen (secondary N) is 1. The molecule has 1 aromatic carbocycles. The average Bonchev–Trinajstić information content (AvgIpc) is 2.46. The van der Waals surface area contributed by atoms with Gasteiger partial charge in [0.25, 0.3) is 0 Å². The van der Waals surface area contributed by atoms with Crippen molar-refractivity contribution < 1.29 is 4.79 Å². The van der Waals surface area contributed by atoms with Crippen LogP contribution >= 0.6 is 0 Å². The van der Waals surface area contributed by atoms with Gasteiger partial charge in [-0.3, -0.25) is 9.69 Å². The molecule has 1 aromatic rings. The van der Waals surface area contributed by atoms with Gasteiger partial charge in [0, 0.05) is 25.7 Å². The Kier molecular flexibility index (Phi) is 5.01. The molecule has 21 heavy (non-hydrogen) atoms. The van der Waals surface area contributed by atoms with Gasteiger partial charge in [-0.25, -0.2) is 0 Å². The summed E-state index contributed by atoms with van der Waals surface area (Å²) < 4.78 is 0. The van der Waals surface area contributed by atoms with E-state index in [0.717, 1.165) is 25.9 Å². The first kappa shape index (κ1) is 16.0. The lowest BCUT2D eigenvalue weighted by Gasteiger charge is -2.35. The van der Waals surface area contributed by atoms with E-state index in [-0.39, 0.29) is 5.91 Å². The number of amides is 1. The summed E-state index contributed by atoms with van der Waals surface area (Å²) in [5.41, 5.74) is 7.87. The molecule has 0 aromatic heterocycles. The standard InChI is InChI=1S/C17H27N3O/c1-4-15(11-19-16(21)17(2,3)18)20-10-9-13-7-5-6-8-14(13)12-20/h5-8,15H,4,9-12,18H2,1-3H3,(H,19,21). The molecule has 0 bridgehead atoms. The molecule has 0 fully saturated rings. The van der Waals surface area contributed by atoms with Gasteiger partial charge in [-0.15, -0.1) is 0 Å². The molecule has 0 radical (unpaired) electrons. The molecule has 1 amide bonds. The van der Waals surface area contributed by atoms with Gasteiger partial charge in [-0.2, -0.15) is 0 Å². The van der Waals surface area contributed by atoms with Crippen LogP contribution in [0.25, 0.3) is 0 Å². The number of nitrogens with two attached hydrogens (primary N) is 1. The third kappa shape index (κ3) is 4.05. The van der Waals surface area contributed by atoms with Crippen molar-refractivity contribution in [3.63, 3.8) is 0 Å². The van der Waals surface area contributed by atoms with Crippen molar-refractivity contribution in [1.82, 2.24) is 10.2 Å². The Balaban J connectivity index is 1.95. The summed E-state index contributed by atoms with van der Waals surface area (Å²) >= 11 is 0. The number of carbonyl (C=O) groups is 1. The lowest BCUT2D eigenvalue weighted by molar-refractivity contribution is -0.125. The number of nitrogens with zero attached hydrogens (tertiary/aromatic N) is 1. The Labute approximate surface area is 127 Å². The maximum Gasteiger partial charge on any atom is 0.239 e. The van der Waals surface area contributed by atoms with E-state index in [0.29, 0.717) is 12.6 Å². The minimum atomic E-state index is -0.813. The highest BCUT2D eigenvalue weighted by Crippen LogP contribution is 2.21. The fourth-order valence-electron chi connectivity index (χ4n) is 2.80. The average molecular weight is 289 g/mol. The number of carbonyl (C=O) groups excluding carboxylic acids is 1. The quantitative estimate of drug-likeness (QED) is 0.867. The number of hydrogen-bond donors (Lipinski definition) is 2. The zero-order chi connectivity index (χ0) is 15.5. The predicted molar refractivity (Wildman–Crippen MR) is 85.9 cm³/mol. The van der Waals surface area contributed by atoms with Crippen molar-refractivity contribution in [2.24, 2.45) is 5.73 Å². The van der Waals surface area contributed by atoms with Crippen molar-refractivity contribution in [1.29, 1.82) is 0 Å². The molecule has 1 heterocycles. The van der Waals surface area contributed by atoms with Gasteiger partial charge in [0.2, 0.25) is 5.91 Å². The van der Waals surface area contributed by atoms with Crippen LogP contribution < -0.4 is 11.1 Å². The summed E-state index contributed by atoms with van der Waals surface area (Å²) in [5, 5.41) is 2.99. The first-order valence-corrected chi connectivity index (χ1v) is 7.80. The van der Waals surface area contributed by atoms with Crippen LogP contribution in [0.1, 0.15) is 38.3 Å². The van der Waals surface area contributed by atoms with Crippen molar-refractivity contribution in [3.05, 3.63) is 35.4 Å². The Morgan fingerprint density at radius 3 is 2.67 bits per heavy atom. The molecule has 116 valence electrons. The molecule has 1 aliphatic rings. The third-order valence-corrected chi connectivity index (χ3v) is 4.23. The SMILES string of the molecule is CCC(CNC(=O)C(C)(C)N)N1CCc2ccccc2C1. The first-order valence-electron chi connectivity index (χ1n) is 7.80. The number of benzene rings is 1. The molecule has 0 aliphatic carbocycles. The van der Waals surface area contributed by atoms with Crippen LogP contribution in [0.15, 0.2) is 24.3 Å². The zero-order valence-electron chi connectivity index (χ0n) is 13.4. The summed E-state index contributed by atoms with van der Waals surface area (Å²) in [5.74, 6) is -0.0849. The summed E-state index contributed by atoms with van der Waals surface area (Å²) in [6.45, 7) is 8.33. The molecule has 4 heteroatoms. The Morgan fingerprint density at radius 2 is 2.05 bits per heavy atom. The second kappa shape index (κ2) is 6.58. The summed E-state index contributed by atoms with van der Waals surface area (Å²) in [4.78, 5) is 14.4. The lowest BCUT2D eigenvalue weighted by Crippen LogP contribution is -2.53. The fraction of sp³-hybridized carbons (Fsp3) is 0.588. The predicted octanol–water partition coefficient (Wildman–Crippen LogP) is 1.68. The van der Waals surface area contributed by atoms with Gasteiger partial charge in [-0.05, 0) is 37.8 Å². The van der Waals surface area contributed by atoms with Crippen molar-refractivity contribution in [2.45, 2.75) is 51.7 Å². The molecule has 1 atom stereocenters. The number of rotatable bonds is 5. The Morgan fingerprint density at radius 1 is 1.38 bits per heavy atom. The second-order valence-electron chi connectivity index (χ2n) is 6.48. The van der Waals surface area contributed by atoms with Crippen LogP contribution in [0.2, 0.25) is 0 Å². The molecular formula is C17H27N3O. The molecule has 1 aliphatic heterocycles. The molecule has 4 nitrogen and oxygen atoms in total. The van der Waals surface area contributed by atoms with Crippen LogP contribution in [-0.4, -0.2) is 35.5 Å². The van der Waals surface area contributed by atoms with Crippen molar-refractivity contribution in [2.75, 3.05) is 13.1 Å². The maximum absolute atomic E-state index is 11.9. The molecule has 0 spiro atoms. The highest BCUT2D eigenvalue weighted by atomic mass is 16.2. The molecular weight excluding hydrogens is 262 g/mol. The minimum absolute atomic E-state index is 0.0849. The smallest absolute Gasteiger partial charge is 0.239 e. The van der Waals surface area contributed by atoms with Gasteiger partial charge in [0.05, 0.1) is 5.54 Å². The van der Waals surface area contributed by atoms with Crippen LogP contribution in [0.3, 0.4) is 0 Å². The summed E-state index contributed by atoms with van der Waals surface area (Å²) in [6, 6.07) is 8.99. The fourth-order valence-corrected chi connectivity index (χ4v) is 2.80. The van der Waals surface area contributed by atoms with E-state index in [1.807, 2.05) is 0 Å². The van der Waals surface area contributed by atoms with Crippen molar-refractivity contribution in [3.8, 4) is 0 Å². The third-order valence-electron chi connectivity index (χ3n) is 4.23. The van der Waals surface area contributed by atoms with Crippen LogP contribution in [0.4, 0.5) is 0 Å². The monoisotopic (exact) mass is 289 g/mol. The van der Waals surface area contributed by atoms with Gasteiger partial charge in [0.15, 0.2) is 0 Å². The first-order chi connectivity index (χ1) is 9.91. The molecule has 1 unspecified atom stereocenters. The van der Waals surface area contributed by atoms with Crippen LogP contribution in [0, 0.1) is 0 Å². The molecule has 2 rings (SSSR count). The molecule has 0 saturated heterocycles. The number of fused-ring (bicyclic) bond motifs is 1. The van der Waals surface area contributed by atoms with Crippen LogP contribution in [-0.2, 0) is 17.8 Å². The second-order valence-corrected chi connectivity index (χ2v) is 6.48. The summed E-state index contributed by atoms with van der Waals surface area (Å²) in [6.07, 6.45) is 2.11. The summed E-state index contributed by atoms with van der Waals surface area (Å²) in [7, 11) is 0. The van der Waals surface area contributed by atoms with E-state index in [2.05, 4.69) is 41.4 Å². The Hall–Kier alpha value is -1.39. The number of hydrogen-bond acceptors (Lipinski definition) is 3. The van der Waals surface area contributed by atoms with E-state index in [1.165, 1.54) is 11.1 Å². The normalized spacial score (nSPS) is 17.1. The van der Waals surface area contributed by atoms with Gasteiger partial charge >= 0.3 is 0 Å². The van der Waals surface area contributed by atoms with E-state index in [9.17, 15) is 4.79 Å². The van der Waals surface area contributed by atoms with Gasteiger partial charge in [0.1, 0.15) is 0 Å². The molecule has 3 N–H and O–H groups in total.